The molecule has 74 heavy (non-hydrogen) atoms. The van der Waals surface area contributed by atoms with Gasteiger partial charge in [0.2, 0.25) is 11.6 Å². The van der Waals surface area contributed by atoms with E-state index in [-0.39, 0.29) is 67.0 Å². The SMILES string of the molecule is C.CC[C@H](C)C(O)/C(N)=N/O.CC[C@H](C)C(O)/C(N)=N/OC(=O)c1ccccc1.CC[C@H](C)C(O)C#N.CC[C@H](C)C(O)c1noc(-c2ccccc2)n1.CC[C@H](N)C(O)c1noc(-c2ccccc2)n1.Cl.NO. The van der Waals surface area contributed by atoms with Crippen LogP contribution in [0, 0.1) is 35.0 Å². The maximum atomic E-state index is 11.5. The van der Waals surface area contributed by atoms with Crippen molar-refractivity contribution in [1.82, 2.24) is 20.3 Å². The molecule has 5 aromatic rings. The van der Waals surface area contributed by atoms with Crippen LogP contribution in [0.3, 0.4) is 0 Å². The number of nitrogens with zero attached hydrogens (tertiary/aromatic N) is 7. The number of rotatable bonds is 18. The van der Waals surface area contributed by atoms with Crippen LogP contribution in [0.2, 0.25) is 0 Å². The van der Waals surface area contributed by atoms with Gasteiger partial charge in [0.25, 0.3) is 11.8 Å². The molecule has 23 heteroatoms. The number of halogens is 1. The molecule has 3 aromatic carbocycles. The highest BCUT2D eigenvalue weighted by molar-refractivity contribution is 5.91. The molecule has 0 aliphatic rings. The Bertz CT molecular complexity index is 2180. The fourth-order valence-corrected chi connectivity index (χ4v) is 5.21. The molecule has 5 rings (SSSR count). The zero-order valence-electron chi connectivity index (χ0n) is 43.1. The normalized spacial score (nSPS) is 14.7. The van der Waals surface area contributed by atoms with E-state index in [0.29, 0.717) is 29.6 Å². The minimum Gasteiger partial charge on any atom is -0.409 e. The number of benzene rings is 3. The summed E-state index contributed by atoms with van der Waals surface area (Å²) in [7, 11) is 0. The largest absolute Gasteiger partial charge is 0.409 e. The summed E-state index contributed by atoms with van der Waals surface area (Å²) in [5.41, 5.74) is 18.5. The van der Waals surface area contributed by atoms with Gasteiger partial charge in [-0.05, 0) is 66.5 Å². The summed E-state index contributed by atoms with van der Waals surface area (Å²) in [4.78, 5) is 24.6. The van der Waals surface area contributed by atoms with Gasteiger partial charge >= 0.3 is 5.97 Å². The van der Waals surface area contributed by atoms with Gasteiger partial charge in [-0.3, -0.25) is 0 Å². The number of nitrogens with two attached hydrogens (primary N) is 4. The molecular weight excluding hydrogens is 978 g/mol. The van der Waals surface area contributed by atoms with Crippen molar-refractivity contribution in [3.05, 3.63) is 108 Å². The first-order chi connectivity index (χ1) is 34.3. The monoisotopic (exact) mass is 1060 g/mol. The van der Waals surface area contributed by atoms with Crippen molar-refractivity contribution in [2.75, 3.05) is 0 Å². The van der Waals surface area contributed by atoms with Crippen molar-refractivity contribution in [3.63, 3.8) is 0 Å². The van der Waals surface area contributed by atoms with E-state index in [1.807, 2.05) is 123 Å². The Morgan fingerprint density at radius 2 is 1.01 bits per heavy atom. The van der Waals surface area contributed by atoms with E-state index < -0.39 is 36.5 Å². The molecule has 0 aliphatic carbocycles. The number of nitriles is 1. The van der Waals surface area contributed by atoms with Crippen molar-refractivity contribution >= 4 is 30.0 Å². The molecule has 2 heterocycles. The Hall–Kier alpha value is -6.39. The third-order valence-corrected chi connectivity index (χ3v) is 11.2. The average molecular weight is 1060 g/mol. The van der Waals surface area contributed by atoms with Gasteiger partial charge in [0, 0.05) is 17.2 Å². The number of oxime groups is 2. The third kappa shape index (κ3) is 26.0. The predicted molar refractivity (Wildman–Crippen MR) is 286 cm³/mol. The maximum Gasteiger partial charge on any atom is 0.365 e. The van der Waals surface area contributed by atoms with E-state index in [1.54, 1.807) is 36.4 Å². The third-order valence-electron chi connectivity index (χ3n) is 11.2. The second kappa shape index (κ2) is 41.0. The Kier molecular flexibility index (Phi) is 39.8. The molecule has 0 amide bonds. The summed E-state index contributed by atoms with van der Waals surface area (Å²) in [6.07, 6.45) is -0.126. The lowest BCUT2D eigenvalue weighted by Gasteiger charge is -2.15. The fraction of sp³-hybridized carbons (Fsp3) is 0.490. The lowest BCUT2D eigenvalue weighted by molar-refractivity contribution is 0.0505. The molecule has 0 saturated carbocycles. The van der Waals surface area contributed by atoms with Crippen molar-refractivity contribution in [3.8, 4) is 29.0 Å². The zero-order valence-corrected chi connectivity index (χ0v) is 43.9. The average Bonchev–Trinajstić information content (AvgIpc) is 4.16. The van der Waals surface area contributed by atoms with E-state index in [1.165, 1.54) is 0 Å². The van der Waals surface area contributed by atoms with E-state index in [4.69, 9.17) is 47.0 Å². The second-order valence-corrected chi connectivity index (χ2v) is 16.4. The summed E-state index contributed by atoms with van der Waals surface area (Å²) >= 11 is 0. The molecule has 0 fully saturated rings. The van der Waals surface area contributed by atoms with Crippen LogP contribution in [0.1, 0.15) is 136 Å². The molecule has 0 aliphatic heterocycles. The van der Waals surface area contributed by atoms with Crippen LogP contribution in [-0.2, 0) is 4.84 Å². The molecule has 2 aromatic heterocycles. The van der Waals surface area contributed by atoms with E-state index >= 15 is 0 Å². The van der Waals surface area contributed by atoms with Gasteiger partial charge in [-0.2, -0.15) is 15.2 Å². The molecule has 0 radical (unpaired) electrons. The summed E-state index contributed by atoms with van der Waals surface area (Å²) in [5.74, 6) is 4.36. The lowest BCUT2D eigenvalue weighted by Crippen LogP contribution is -2.34. The predicted octanol–water partition coefficient (Wildman–Crippen LogP) is 7.29. The number of hydrogen-bond acceptors (Lipinski definition) is 20. The first-order valence-electron chi connectivity index (χ1n) is 23.5. The van der Waals surface area contributed by atoms with Gasteiger partial charge in [-0.1, -0.05) is 171 Å². The standard InChI is InChI=1S/C13H18N2O3.C13H16N2O2.C12H15N3O2.C6H14N2O2.C6H11NO.CH4.ClH.H3NO/c1-3-9(2)11(16)12(14)15-18-13(17)10-7-5-4-6-8-10;1-3-9(2)11(16)12-14-13(17-15-12)10-7-5-4-6-8-10;1-2-9(13)10(16)11-14-12(17-15-11)8-6-4-3-5-7-8;1-3-4(2)5(9)6(7)8-10;1-3-5(2)6(8)4-7;;;1-2/h4-9,11,16H,3H2,1-2H3,(H2,14,15);4-9,11,16H,3H2,1-2H3;3-7,9-10,16H,2,13H2,1H3;4-5,9-10H,3H2,1-2H3,(H2,7,8);5-6,8H,3H2,1-2H3;1H4;1H;2H,1H2/t2*9-,11?;9-,10?;4-,5?;5-,6?;;;/m00000.../s1. The molecule has 22 nitrogen and oxygen atoms in total. The molecular formula is C51H82ClN11O11. The minimum absolute atomic E-state index is 0. The molecule has 0 saturated heterocycles. The van der Waals surface area contributed by atoms with E-state index in [9.17, 15) is 25.2 Å². The Labute approximate surface area is 441 Å². The quantitative estimate of drug-likeness (QED) is 0.0102. The Morgan fingerprint density at radius 1 is 0.635 bits per heavy atom. The number of amidine groups is 2. The summed E-state index contributed by atoms with van der Waals surface area (Å²) < 4.78 is 10.2. The van der Waals surface area contributed by atoms with Crippen LogP contribution in [0.25, 0.3) is 22.9 Å². The maximum absolute atomic E-state index is 11.5. The summed E-state index contributed by atoms with van der Waals surface area (Å²) in [6.45, 7) is 17.2. The van der Waals surface area contributed by atoms with Gasteiger partial charge in [0.1, 0.15) is 30.5 Å². The van der Waals surface area contributed by atoms with Crippen LogP contribution >= 0.6 is 12.4 Å². The highest BCUT2D eigenvalue weighted by atomic mass is 35.5. The Balaban J connectivity index is -0.000000862. The number of aliphatic hydroxyl groups is 5. The van der Waals surface area contributed by atoms with Gasteiger partial charge in [0.05, 0.1) is 11.6 Å². The zero-order chi connectivity index (χ0) is 54.8. The van der Waals surface area contributed by atoms with Gasteiger partial charge in [-0.15, -0.1) is 12.4 Å². The number of hydrogen-bond donors (Lipinski definition) is 11. The van der Waals surface area contributed by atoms with Crippen LogP contribution < -0.4 is 23.1 Å². The highest BCUT2D eigenvalue weighted by Crippen LogP contribution is 2.25. The highest BCUT2D eigenvalue weighted by Gasteiger charge is 2.23. The van der Waals surface area contributed by atoms with Crippen molar-refractivity contribution in [1.29, 1.82) is 5.26 Å². The number of carbonyl (C=O) groups is 1. The van der Waals surface area contributed by atoms with Crippen LogP contribution in [-0.4, -0.2) is 98.2 Å². The summed E-state index contributed by atoms with van der Waals surface area (Å²) in [6, 6.07) is 28.8. The number of carbonyl (C=O) groups excluding carboxylic acids is 1. The topological polar surface area (TPSA) is 398 Å². The van der Waals surface area contributed by atoms with E-state index in [0.717, 1.165) is 36.8 Å². The van der Waals surface area contributed by atoms with Crippen molar-refractivity contribution in [2.45, 2.75) is 138 Å². The second-order valence-electron chi connectivity index (χ2n) is 16.4. The first kappa shape index (κ1) is 71.9. The first-order valence-corrected chi connectivity index (χ1v) is 23.5. The van der Waals surface area contributed by atoms with Crippen molar-refractivity contribution in [2.24, 2.45) is 57.1 Å². The van der Waals surface area contributed by atoms with Crippen molar-refractivity contribution < 1.29 is 54.6 Å². The molecule has 5 unspecified atom stereocenters. The summed E-state index contributed by atoms with van der Waals surface area (Å²) in [5, 5.41) is 84.0. The smallest absolute Gasteiger partial charge is 0.365 e. The van der Waals surface area contributed by atoms with Crippen LogP contribution in [0.15, 0.2) is 110 Å². The van der Waals surface area contributed by atoms with Crippen LogP contribution in [0.4, 0.5) is 0 Å². The number of aromatic nitrogens is 4. The molecule has 10 atom stereocenters. The van der Waals surface area contributed by atoms with E-state index in [2.05, 4.69) is 41.3 Å². The van der Waals surface area contributed by atoms with Gasteiger partial charge < -0.3 is 67.0 Å². The van der Waals surface area contributed by atoms with Crippen LogP contribution in [0.5, 0.6) is 0 Å². The molecule has 0 bridgehead atoms. The van der Waals surface area contributed by atoms with Gasteiger partial charge in [-0.25, -0.2) is 10.7 Å². The number of aliphatic hydroxyl groups excluding tert-OH is 5. The molecule has 414 valence electrons. The molecule has 15 N–H and O–H groups in total. The van der Waals surface area contributed by atoms with Gasteiger partial charge in [0.15, 0.2) is 11.7 Å². The minimum atomic E-state index is -0.904. The lowest BCUT2D eigenvalue weighted by atomic mass is 10.0. The molecule has 0 spiro atoms. The Morgan fingerprint density at radius 3 is 1.36 bits per heavy atom. The fourth-order valence-electron chi connectivity index (χ4n) is 5.21.